The maximum Gasteiger partial charge on any atom is 0.232 e. The Hall–Kier alpha value is 0.310. The zero-order valence-electron chi connectivity index (χ0n) is 15.5. The fourth-order valence-electron chi connectivity index (χ4n) is 3.66. The summed E-state index contributed by atoms with van der Waals surface area (Å²) in [7, 11) is -1.51. The van der Waals surface area contributed by atoms with E-state index in [2.05, 4.69) is 76.3 Å². The average molecular weight is 304 g/mol. The molecule has 0 bridgehead atoms. The monoisotopic (exact) mass is 304 g/mol. The maximum absolute atomic E-state index is 2.76. The minimum Gasteiger partial charge on any atom is -0.149 e. The summed E-state index contributed by atoms with van der Waals surface area (Å²) >= 11 is 0. The molecule has 0 aromatic carbocycles. The second kappa shape index (κ2) is 8.68. The van der Waals surface area contributed by atoms with Crippen molar-refractivity contribution in [1.29, 1.82) is 0 Å². The molecule has 0 aliphatic heterocycles. The van der Waals surface area contributed by atoms with Crippen molar-refractivity contribution in [3.05, 3.63) is 0 Å². The minimum atomic E-state index is -1.51. The molecule has 122 valence electrons. The molecule has 0 radical (unpaired) electrons. The van der Waals surface area contributed by atoms with E-state index in [1.807, 2.05) is 0 Å². The highest BCUT2D eigenvalue weighted by Crippen LogP contribution is 2.75. The first-order valence-corrected chi connectivity index (χ1v) is 10.1. The van der Waals surface area contributed by atoms with Gasteiger partial charge in [0.05, 0.1) is 0 Å². The van der Waals surface area contributed by atoms with Crippen LogP contribution in [0.4, 0.5) is 0 Å². The minimum absolute atomic E-state index is 0.275. The van der Waals surface area contributed by atoms with Gasteiger partial charge in [0.1, 0.15) is 5.16 Å². The molecule has 0 heterocycles. The zero-order valence-corrected chi connectivity index (χ0v) is 16.4. The van der Waals surface area contributed by atoms with Crippen LogP contribution in [0.15, 0.2) is 0 Å². The molecule has 0 amide bonds. The predicted molar refractivity (Wildman–Crippen MR) is 95.4 cm³/mol. The zero-order chi connectivity index (χ0) is 16.0. The molecule has 0 aromatic rings. The molecule has 0 saturated carbocycles. The van der Waals surface area contributed by atoms with Gasteiger partial charge in [-0.15, -0.1) is 14.0 Å². The van der Waals surface area contributed by atoms with Crippen LogP contribution >= 0.6 is 7.71 Å². The number of nitrogens with zero attached hydrogens (tertiary/aromatic N) is 3. The standard InChI is InChI=1S/C16H39N3P/c1-10-17(11-2)20(16(7,8)9,18(12-3)13-4)19(14-5)15-6/h10-15H2,1-9H3/q+1. The molecular weight excluding hydrogens is 265 g/mol. The fourth-order valence-corrected chi connectivity index (χ4v) is 9.65. The summed E-state index contributed by atoms with van der Waals surface area (Å²) in [6.07, 6.45) is 0. The third-order valence-electron chi connectivity index (χ3n) is 4.27. The van der Waals surface area contributed by atoms with Gasteiger partial charge in [-0.25, -0.2) is 0 Å². The summed E-state index contributed by atoms with van der Waals surface area (Å²) in [5, 5.41) is 0.275. The summed E-state index contributed by atoms with van der Waals surface area (Å²) in [4.78, 5) is 0. The van der Waals surface area contributed by atoms with Gasteiger partial charge < -0.3 is 0 Å². The van der Waals surface area contributed by atoms with Crippen molar-refractivity contribution in [2.45, 2.75) is 67.5 Å². The molecule has 0 N–H and O–H groups in total. The van der Waals surface area contributed by atoms with Crippen LogP contribution in [-0.2, 0) is 0 Å². The van der Waals surface area contributed by atoms with Crippen LogP contribution in [0, 0.1) is 0 Å². The molecule has 0 saturated heterocycles. The Labute approximate surface area is 129 Å². The molecular formula is C16H39N3P+. The quantitative estimate of drug-likeness (QED) is 0.578. The summed E-state index contributed by atoms with van der Waals surface area (Å²) in [5.74, 6) is 0. The Bertz CT molecular complexity index is 220. The van der Waals surface area contributed by atoms with E-state index >= 15 is 0 Å². The van der Waals surface area contributed by atoms with Gasteiger partial charge in [-0.2, -0.15) is 0 Å². The molecule has 0 unspecified atom stereocenters. The van der Waals surface area contributed by atoms with E-state index in [1.165, 1.54) is 0 Å². The van der Waals surface area contributed by atoms with Crippen LogP contribution in [-0.4, -0.2) is 58.4 Å². The summed E-state index contributed by atoms with van der Waals surface area (Å²) < 4.78 is 8.27. The highest BCUT2D eigenvalue weighted by molar-refractivity contribution is 7.70. The third-order valence-corrected chi connectivity index (χ3v) is 10.1. The summed E-state index contributed by atoms with van der Waals surface area (Å²) in [6, 6.07) is 0. The first kappa shape index (κ1) is 20.3. The van der Waals surface area contributed by atoms with E-state index in [9.17, 15) is 0 Å². The lowest BCUT2D eigenvalue weighted by atomic mass is 10.3. The number of hydrogen-bond donors (Lipinski definition) is 0. The van der Waals surface area contributed by atoms with Crippen LogP contribution in [0.5, 0.6) is 0 Å². The van der Waals surface area contributed by atoms with Crippen LogP contribution in [0.2, 0.25) is 0 Å². The van der Waals surface area contributed by atoms with Crippen molar-refractivity contribution < 1.29 is 0 Å². The first-order chi connectivity index (χ1) is 9.31. The Balaban J connectivity index is 6.15. The van der Waals surface area contributed by atoms with Gasteiger partial charge in [-0.05, 0) is 62.3 Å². The van der Waals surface area contributed by atoms with Crippen molar-refractivity contribution in [2.75, 3.05) is 39.3 Å². The van der Waals surface area contributed by atoms with Gasteiger partial charge in [-0.1, -0.05) is 0 Å². The van der Waals surface area contributed by atoms with E-state index in [-0.39, 0.29) is 5.16 Å². The Kier molecular flexibility index (Phi) is 8.81. The molecule has 3 nitrogen and oxygen atoms in total. The van der Waals surface area contributed by atoms with Crippen molar-refractivity contribution in [1.82, 2.24) is 14.0 Å². The molecule has 20 heavy (non-hydrogen) atoms. The van der Waals surface area contributed by atoms with Crippen LogP contribution in [0.3, 0.4) is 0 Å². The lowest BCUT2D eigenvalue weighted by Crippen LogP contribution is -2.52. The largest absolute Gasteiger partial charge is 0.232 e. The van der Waals surface area contributed by atoms with E-state index < -0.39 is 7.71 Å². The van der Waals surface area contributed by atoms with Gasteiger partial charge in [0.15, 0.2) is 0 Å². The van der Waals surface area contributed by atoms with Crippen molar-refractivity contribution >= 4 is 7.71 Å². The molecule has 0 aliphatic rings. The highest BCUT2D eigenvalue weighted by atomic mass is 31.2. The van der Waals surface area contributed by atoms with Gasteiger partial charge >= 0.3 is 0 Å². The van der Waals surface area contributed by atoms with Crippen LogP contribution in [0.25, 0.3) is 0 Å². The maximum atomic E-state index is 2.76. The van der Waals surface area contributed by atoms with Crippen LogP contribution in [0.1, 0.15) is 62.3 Å². The normalized spacial score (nSPS) is 13.8. The first-order valence-electron chi connectivity index (χ1n) is 8.46. The van der Waals surface area contributed by atoms with Crippen molar-refractivity contribution in [2.24, 2.45) is 0 Å². The molecule has 0 spiro atoms. The van der Waals surface area contributed by atoms with E-state index in [0.717, 1.165) is 39.3 Å². The topological polar surface area (TPSA) is 9.72 Å². The second-order valence-corrected chi connectivity index (χ2v) is 10.3. The van der Waals surface area contributed by atoms with Gasteiger partial charge in [0, 0.05) is 39.3 Å². The van der Waals surface area contributed by atoms with E-state index in [4.69, 9.17) is 0 Å². The van der Waals surface area contributed by atoms with Crippen molar-refractivity contribution in [3.8, 4) is 0 Å². The van der Waals surface area contributed by atoms with Crippen LogP contribution < -0.4 is 0 Å². The smallest absolute Gasteiger partial charge is 0.149 e. The number of hydrogen-bond acceptors (Lipinski definition) is 3. The predicted octanol–water partition coefficient (Wildman–Crippen LogP) is 4.57. The summed E-state index contributed by atoms with van der Waals surface area (Å²) in [6.45, 7) is 28.0. The molecule has 0 aromatic heterocycles. The SMILES string of the molecule is CCN(CC)[P+](N(CC)CC)(N(CC)CC)C(C)(C)C. The highest BCUT2D eigenvalue weighted by Gasteiger charge is 2.61. The molecule has 0 rings (SSSR count). The lowest BCUT2D eigenvalue weighted by Gasteiger charge is -2.52. The summed E-state index contributed by atoms with van der Waals surface area (Å²) in [5.41, 5.74) is 0. The molecule has 0 aliphatic carbocycles. The van der Waals surface area contributed by atoms with E-state index in [1.54, 1.807) is 0 Å². The Morgan fingerprint density at radius 2 is 0.750 bits per heavy atom. The van der Waals surface area contributed by atoms with Crippen molar-refractivity contribution in [3.63, 3.8) is 0 Å². The molecule has 4 heteroatoms. The molecule has 0 fully saturated rings. The number of rotatable bonds is 9. The Morgan fingerprint density at radius 3 is 0.850 bits per heavy atom. The van der Waals surface area contributed by atoms with Gasteiger partial charge in [-0.3, -0.25) is 0 Å². The fraction of sp³-hybridized carbons (Fsp3) is 1.00. The molecule has 0 atom stereocenters. The lowest BCUT2D eigenvalue weighted by molar-refractivity contribution is 0.307. The van der Waals surface area contributed by atoms with E-state index in [0.29, 0.717) is 0 Å². The average Bonchev–Trinajstić information content (AvgIpc) is 2.40. The second-order valence-electron chi connectivity index (χ2n) is 6.16. The van der Waals surface area contributed by atoms with Gasteiger partial charge in [0.2, 0.25) is 7.71 Å². The Morgan fingerprint density at radius 1 is 0.550 bits per heavy atom. The van der Waals surface area contributed by atoms with Gasteiger partial charge in [0.25, 0.3) is 0 Å². The third kappa shape index (κ3) is 3.55.